The fourth-order valence-electron chi connectivity index (χ4n) is 2.68. The molecule has 0 radical (unpaired) electrons. The lowest BCUT2D eigenvalue weighted by molar-refractivity contribution is 0.153. The van der Waals surface area contributed by atoms with E-state index in [4.69, 9.17) is 0 Å². The van der Waals surface area contributed by atoms with Gasteiger partial charge in [-0.05, 0) is 30.0 Å². The number of hydroxylamine groups is 1. The van der Waals surface area contributed by atoms with E-state index in [1.807, 2.05) is 0 Å². The highest BCUT2D eigenvalue weighted by Gasteiger charge is 2.24. The van der Waals surface area contributed by atoms with Crippen LogP contribution in [0.15, 0.2) is 59.5 Å². The molecule has 0 fully saturated rings. The average molecular weight is 271 g/mol. The molecule has 0 amide bonds. The predicted molar refractivity (Wildman–Crippen MR) is 78.5 cm³/mol. The molecule has 2 aromatic rings. The van der Waals surface area contributed by atoms with E-state index in [-0.39, 0.29) is 5.37 Å². The molecule has 0 saturated carbocycles. The van der Waals surface area contributed by atoms with Gasteiger partial charge in [0.15, 0.2) is 0 Å². The second-order valence-corrected chi connectivity index (χ2v) is 6.06. The van der Waals surface area contributed by atoms with Crippen molar-refractivity contribution in [2.45, 2.75) is 29.0 Å². The number of benzene rings is 2. The summed E-state index contributed by atoms with van der Waals surface area (Å²) in [6.45, 7) is 0. The first-order valence-electron chi connectivity index (χ1n) is 6.58. The summed E-state index contributed by atoms with van der Waals surface area (Å²) in [5.41, 5.74) is 5.15. The van der Waals surface area contributed by atoms with Gasteiger partial charge < -0.3 is 5.21 Å². The summed E-state index contributed by atoms with van der Waals surface area (Å²) in [5, 5.41) is 9.31. The van der Waals surface area contributed by atoms with Gasteiger partial charge in [0.05, 0.1) is 5.37 Å². The number of nitrogens with one attached hydrogen (secondary N) is 1. The summed E-state index contributed by atoms with van der Waals surface area (Å²) in [4.78, 5) is 1.26. The maximum atomic E-state index is 9.23. The summed E-state index contributed by atoms with van der Waals surface area (Å²) in [6, 6.07) is 19.1. The Morgan fingerprint density at radius 2 is 1.68 bits per heavy atom. The summed E-state index contributed by atoms with van der Waals surface area (Å²) in [6.07, 6.45) is 2.00. The maximum absolute atomic E-state index is 9.23. The number of fused-ring (bicyclic) bond motifs is 1. The topological polar surface area (TPSA) is 32.3 Å². The molecule has 0 spiro atoms. The smallest absolute Gasteiger partial charge is 0.0819 e. The Labute approximate surface area is 117 Å². The summed E-state index contributed by atoms with van der Waals surface area (Å²) in [7, 11) is 0. The van der Waals surface area contributed by atoms with E-state index < -0.39 is 0 Å². The third-order valence-electron chi connectivity index (χ3n) is 3.63. The van der Waals surface area contributed by atoms with Crippen LogP contribution >= 0.6 is 11.8 Å². The first-order chi connectivity index (χ1) is 9.38. The lowest BCUT2D eigenvalue weighted by atomic mass is 9.87. The van der Waals surface area contributed by atoms with Gasteiger partial charge in [-0.15, -0.1) is 11.8 Å². The lowest BCUT2D eigenvalue weighted by Gasteiger charge is -2.17. The highest BCUT2D eigenvalue weighted by molar-refractivity contribution is 8.00. The van der Waals surface area contributed by atoms with Crippen LogP contribution < -0.4 is 5.48 Å². The Kier molecular flexibility index (Phi) is 3.87. The van der Waals surface area contributed by atoms with Crippen molar-refractivity contribution in [2.24, 2.45) is 0 Å². The Balaban J connectivity index is 2.02. The van der Waals surface area contributed by atoms with Crippen molar-refractivity contribution in [3.8, 4) is 0 Å². The molecule has 0 aromatic heterocycles. The average Bonchev–Trinajstić information content (AvgIpc) is 2.67. The molecule has 2 N–H and O–H groups in total. The van der Waals surface area contributed by atoms with Crippen molar-refractivity contribution in [1.82, 2.24) is 5.48 Å². The molecule has 98 valence electrons. The first kappa shape index (κ1) is 12.7. The van der Waals surface area contributed by atoms with Crippen molar-refractivity contribution in [2.75, 3.05) is 0 Å². The van der Waals surface area contributed by atoms with Gasteiger partial charge in [-0.2, -0.15) is 5.48 Å². The third-order valence-corrected chi connectivity index (χ3v) is 4.88. The Hall–Kier alpha value is -1.29. The van der Waals surface area contributed by atoms with E-state index in [9.17, 15) is 5.21 Å². The van der Waals surface area contributed by atoms with Crippen molar-refractivity contribution in [1.29, 1.82) is 0 Å². The molecule has 3 heteroatoms. The minimum Gasteiger partial charge on any atom is -0.316 e. The molecule has 2 unspecified atom stereocenters. The summed E-state index contributed by atoms with van der Waals surface area (Å²) < 4.78 is 0. The van der Waals surface area contributed by atoms with Gasteiger partial charge in [-0.3, -0.25) is 0 Å². The molecule has 0 bridgehead atoms. The molecule has 0 aliphatic carbocycles. The Morgan fingerprint density at radius 1 is 0.947 bits per heavy atom. The fourth-order valence-corrected chi connectivity index (χ4v) is 3.80. The van der Waals surface area contributed by atoms with Crippen LogP contribution in [0.3, 0.4) is 0 Å². The molecule has 2 aromatic carbocycles. The molecule has 0 saturated heterocycles. The molecule has 3 rings (SSSR count). The minimum atomic E-state index is 0.0786. The van der Waals surface area contributed by atoms with Crippen molar-refractivity contribution in [3.63, 3.8) is 0 Å². The lowest BCUT2D eigenvalue weighted by Crippen LogP contribution is -2.21. The van der Waals surface area contributed by atoms with Crippen LogP contribution in [0, 0.1) is 0 Å². The maximum Gasteiger partial charge on any atom is 0.0819 e. The molecule has 19 heavy (non-hydrogen) atoms. The van der Waals surface area contributed by atoms with Gasteiger partial charge in [0.2, 0.25) is 0 Å². The molecule has 1 aliphatic heterocycles. The highest BCUT2D eigenvalue weighted by atomic mass is 32.2. The Bertz CT molecular complexity index is 543. The molecule has 1 heterocycles. The monoisotopic (exact) mass is 271 g/mol. The zero-order valence-electron chi connectivity index (χ0n) is 10.6. The molecular formula is C16H17NOS. The van der Waals surface area contributed by atoms with Crippen LogP contribution in [0.2, 0.25) is 0 Å². The zero-order chi connectivity index (χ0) is 13.1. The van der Waals surface area contributed by atoms with Crippen LogP contribution in [0.1, 0.15) is 29.9 Å². The molecule has 2 nitrogen and oxygen atoms in total. The van der Waals surface area contributed by atoms with E-state index >= 15 is 0 Å². The zero-order valence-corrected chi connectivity index (χ0v) is 11.4. The van der Waals surface area contributed by atoms with Crippen molar-refractivity contribution >= 4 is 11.8 Å². The highest BCUT2D eigenvalue weighted by Crippen LogP contribution is 2.41. The Morgan fingerprint density at radius 3 is 2.47 bits per heavy atom. The number of thioether (sulfide) groups is 1. The third kappa shape index (κ3) is 2.68. The van der Waals surface area contributed by atoms with Crippen molar-refractivity contribution < 1.29 is 5.21 Å². The van der Waals surface area contributed by atoms with E-state index in [1.165, 1.54) is 16.0 Å². The fraction of sp³-hybridized carbons (Fsp3) is 0.250. The molecule has 2 atom stereocenters. The van der Waals surface area contributed by atoms with Crippen LogP contribution in [-0.4, -0.2) is 10.6 Å². The first-order valence-corrected chi connectivity index (χ1v) is 7.46. The second kappa shape index (κ2) is 5.78. The SMILES string of the molecule is ONC1CCC(c2ccccc2)c2ccccc2S1. The molecule has 1 aliphatic rings. The van der Waals surface area contributed by atoms with Crippen LogP contribution in [0.25, 0.3) is 0 Å². The van der Waals surface area contributed by atoms with E-state index in [2.05, 4.69) is 60.1 Å². The summed E-state index contributed by atoms with van der Waals surface area (Å²) in [5.74, 6) is 0.420. The van der Waals surface area contributed by atoms with E-state index in [1.54, 1.807) is 11.8 Å². The van der Waals surface area contributed by atoms with E-state index in [0.717, 1.165) is 12.8 Å². The van der Waals surface area contributed by atoms with Gasteiger partial charge in [0, 0.05) is 10.8 Å². The molecular weight excluding hydrogens is 254 g/mol. The van der Waals surface area contributed by atoms with Gasteiger partial charge in [-0.1, -0.05) is 48.5 Å². The largest absolute Gasteiger partial charge is 0.316 e. The van der Waals surface area contributed by atoms with Crippen molar-refractivity contribution in [3.05, 3.63) is 65.7 Å². The number of hydrogen-bond donors (Lipinski definition) is 2. The normalized spacial score (nSPS) is 22.6. The minimum absolute atomic E-state index is 0.0786. The van der Waals surface area contributed by atoms with E-state index in [0.29, 0.717) is 5.92 Å². The second-order valence-electron chi connectivity index (χ2n) is 4.81. The van der Waals surface area contributed by atoms with Crippen LogP contribution in [0.5, 0.6) is 0 Å². The van der Waals surface area contributed by atoms with Gasteiger partial charge in [-0.25, -0.2) is 0 Å². The van der Waals surface area contributed by atoms with Gasteiger partial charge in [0.25, 0.3) is 0 Å². The number of hydrogen-bond acceptors (Lipinski definition) is 3. The standard InChI is InChI=1S/C16H17NOS/c18-17-16-11-10-13(12-6-2-1-3-7-12)14-8-4-5-9-15(14)19-16/h1-9,13,16-18H,10-11H2. The quantitative estimate of drug-likeness (QED) is 0.809. The van der Waals surface area contributed by atoms with Crippen LogP contribution in [-0.2, 0) is 0 Å². The predicted octanol–water partition coefficient (Wildman–Crippen LogP) is 4.01. The van der Waals surface area contributed by atoms with Gasteiger partial charge in [0.1, 0.15) is 0 Å². The van der Waals surface area contributed by atoms with Crippen LogP contribution in [0.4, 0.5) is 0 Å². The number of rotatable bonds is 2. The summed E-state index contributed by atoms with van der Waals surface area (Å²) >= 11 is 1.72. The van der Waals surface area contributed by atoms with Gasteiger partial charge >= 0.3 is 0 Å².